The molecule has 0 saturated heterocycles. The van der Waals surface area contributed by atoms with Crippen LogP contribution in [-0.2, 0) is 0 Å². The van der Waals surface area contributed by atoms with Gasteiger partial charge in [-0.25, -0.2) is 4.98 Å². The molecule has 3 heteroatoms. The lowest BCUT2D eigenvalue weighted by Gasteiger charge is -2.27. The third kappa shape index (κ3) is 3.29. The van der Waals surface area contributed by atoms with E-state index in [4.69, 9.17) is 0 Å². The van der Waals surface area contributed by atoms with E-state index < -0.39 is 0 Å². The molecule has 0 aromatic carbocycles. The molecule has 0 radical (unpaired) electrons. The normalized spacial score (nSPS) is 10.6. The number of hydrogen-bond acceptors (Lipinski definition) is 2. The number of alkyl halides is 1. The summed E-state index contributed by atoms with van der Waals surface area (Å²) in [5.41, 5.74) is 0. The first-order valence-electron chi connectivity index (χ1n) is 4.99. The van der Waals surface area contributed by atoms with Crippen molar-refractivity contribution in [1.82, 2.24) is 4.98 Å². The van der Waals surface area contributed by atoms with Crippen molar-refractivity contribution in [2.45, 2.75) is 26.3 Å². The molecule has 0 N–H and O–H groups in total. The minimum atomic E-state index is 0.504. The van der Waals surface area contributed by atoms with Crippen molar-refractivity contribution in [3.8, 4) is 0 Å². The number of rotatable bonds is 5. The second kappa shape index (κ2) is 6.02. The van der Waals surface area contributed by atoms with Gasteiger partial charge in [-0.3, -0.25) is 0 Å². The largest absolute Gasteiger partial charge is 0.354 e. The molecule has 0 amide bonds. The van der Waals surface area contributed by atoms with Gasteiger partial charge < -0.3 is 4.90 Å². The molecular weight excluding hydrogens is 240 g/mol. The highest BCUT2D eigenvalue weighted by atomic mass is 79.9. The molecule has 1 heterocycles. The number of anilines is 1. The monoisotopic (exact) mass is 256 g/mol. The molecule has 1 aromatic rings. The topological polar surface area (TPSA) is 16.1 Å². The van der Waals surface area contributed by atoms with Gasteiger partial charge in [0.2, 0.25) is 0 Å². The average Bonchev–Trinajstić information content (AvgIpc) is 2.19. The Morgan fingerprint density at radius 2 is 2.21 bits per heavy atom. The summed E-state index contributed by atoms with van der Waals surface area (Å²) in [6.07, 6.45) is 2.99. The molecule has 14 heavy (non-hydrogen) atoms. The Morgan fingerprint density at radius 3 is 2.71 bits per heavy atom. The van der Waals surface area contributed by atoms with E-state index in [9.17, 15) is 0 Å². The van der Waals surface area contributed by atoms with Gasteiger partial charge in [0.15, 0.2) is 0 Å². The van der Waals surface area contributed by atoms with E-state index in [1.54, 1.807) is 0 Å². The van der Waals surface area contributed by atoms with Crippen LogP contribution < -0.4 is 4.90 Å². The van der Waals surface area contributed by atoms with Crippen LogP contribution in [0.15, 0.2) is 24.4 Å². The molecule has 1 rings (SSSR count). The van der Waals surface area contributed by atoms with Crippen molar-refractivity contribution in [2.75, 3.05) is 16.8 Å². The fraction of sp³-hybridized carbons (Fsp3) is 0.545. The summed E-state index contributed by atoms with van der Waals surface area (Å²) in [6, 6.07) is 6.55. The molecule has 78 valence electrons. The van der Waals surface area contributed by atoms with Crippen molar-refractivity contribution in [1.29, 1.82) is 0 Å². The molecule has 0 aliphatic carbocycles. The first kappa shape index (κ1) is 11.5. The first-order chi connectivity index (χ1) is 6.75. The van der Waals surface area contributed by atoms with Crippen molar-refractivity contribution in [2.24, 2.45) is 0 Å². The fourth-order valence-electron chi connectivity index (χ4n) is 1.39. The van der Waals surface area contributed by atoms with Crippen molar-refractivity contribution < 1.29 is 0 Å². The predicted molar refractivity (Wildman–Crippen MR) is 65.1 cm³/mol. The van der Waals surface area contributed by atoms with Gasteiger partial charge in [-0.05, 0) is 32.4 Å². The zero-order valence-corrected chi connectivity index (χ0v) is 10.4. The minimum absolute atomic E-state index is 0.504. The summed E-state index contributed by atoms with van der Waals surface area (Å²) >= 11 is 3.45. The summed E-state index contributed by atoms with van der Waals surface area (Å²) in [4.78, 5) is 6.68. The lowest BCUT2D eigenvalue weighted by Crippen LogP contribution is -2.32. The Labute approximate surface area is 94.5 Å². The second-order valence-electron chi connectivity index (χ2n) is 3.52. The summed E-state index contributed by atoms with van der Waals surface area (Å²) in [5.74, 6) is 1.07. The van der Waals surface area contributed by atoms with Gasteiger partial charge in [0, 0.05) is 24.1 Å². The smallest absolute Gasteiger partial charge is 0.128 e. The maximum absolute atomic E-state index is 4.36. The van der Waals surface area contributed by atoms with Crippen molar-refractivity contribution >= 4 is 21.7 Å². The maximum Gasteiger partial charge on any atom is 0.128 e. The van der Waals surface area contributed by atoms with Crippen LogP contribution in [0.5, 0.6) is 0 Å². The molecule has 0 fully saturated rings. The SMILES string of the molecule is CC(C)N(CCCBr)c1ccccn1. The summed E-state index contributed by atoms with van der Waals surface area (Å²) in [6.45, 7) is 5.45. The van der Waals surface area contributed by atoms with Crippen LogP contribution in [0.1, 0.15) is 20.3 Å². The molecule has 0 unspecified atom stereocenters. The van der Waals surface area contributed by atoms with Crippen LogP contribution in [0.3, 0.4) is 0 Å². The van der Waals surface area contributed by atoms with Crippen LogP contribution in [0.4, 0.5) is 5.82 Å². The highest BCUT2D eigenvalue weighted by molar-refractivity contribution is 9.09. The van der Waals surface area contributed by atoms with E-state index in [1.165, 1.54) is 0 Å². The Balaban J connectivity index is 2.68. The number of hydrogen-bond donors (Lipinski definition) is 0. The third-order valence-electron chi connectivity index (χ3n) is 2.10. The van der Waals surface area contributed by atoms with Gasteiger partial charge in [0.1, 0.15) is 5.82 Å². The summed E-state index contributed by atoms with van der Waals surface area (Å²) in [7, 11) is 0. The lowest BCUT2D eigenvalue weighted by molar-refractivity contribution is 0.665. The number of pyridine rings is 1. The Bertz CT molecular complexity index is 249. The Hall–Kier alpha value is -0.570. The van der Waals surface area contributed by atoms with E-state index in [1.807, 2.05) is 18.3 Å². The quantitative estimate of drug-likeness (QED) is 0.753. The third-order valence-corrected chi connectivity index (χ3v) is 2.66. The van der Waals surface area contributed by atoms with E-state index in [0.717, 1.165) is 24.1 Å². The van der Waals surface area contributed by atoms with Gasteiger partial charge in [0.25, 0.3) is 0 Å². The van der Waals surface area contributed by atoms with Crippen molar-refractivity contribution in [3.05, 3.63) is 24.4 Å². The molecule has 1 aromatic heterocycles. The zero-order chi connectivity index (χ0) is 10.4. The Morgan fingerprint density at radius 1 is 1.43 bits per heavy atom. The van der Waals surface area contributed by atoms with Gasteiger partial charge >= 0.3 is 0 Å². The standard InChI is InChI=1S/C11H17BrN2/c1-10(2)14(9-5-7-12)11-6-3-4-8-13-11/h3-4,6,8,10H,5,7,9H2,1-2H3. The van der Waals surface area contributed by atoms with Crippen LogP contribution in [0.25, 0.3) is 0 Å². The molecule has 2 nitrogen and oxygen atoms in total. The van der Waals surface area contributed by atoms with Gasteiger partial charge in [-0.2, -0.15) is 0 Å². The molecule has 0 saturated carbocycles. The van der Waals surface area contributed by atoms with Crippen LogP contribution in [0, 0.1) is 0 Å². The first-order valence-corrected chi connectivity index (χ1v) is 6.11. The highest BCUT2D eigenvalue weighted by Gasteiger charge is 2.09. The minimum Gasteiger partial charge on any atom is -0.354 e. The molecule has 0 atom stereocenters. The van der Waals surface area contributed by atoms with E-state index in [0.29, 0.717) is 6.04 Å². The fourth-order valence-corrected chi connectivity index (χ4v) is 1.64. The second-order valence-corrected chi connectivity index (χ2v) is 4.31. The summed E-state index contributed by atoms with van der Waals surface area (Å²) < 4.78 is 0. The molecule has 0 aliphatic rings. The number of aromatic nitrogens is 1. The average molecular weight is 257 g/mol. The lowest BCUT2D eigenvalue weighted by atomic mass is 10.3. The van der Waals surface area contributed by atoms with Crippen molar-refractivity contribution in [3.63, 3.8) is 0 Å². The van der Waals surface area contributed by atoms with Crippen LogP contribution in [-0.4, -0.2) is 22.9 Å². The van der Waals surface area contributed by atoms with Crippen LogP contribution in [0.2, 0.25) is 0 Å². The number of halogens is 1. The molecule has 0 spiro atoms. The maximum atomic E-state index is 4.36. The predicted octanol–water partition coefficient (Wildman–Crippen LogP) is 3.08. The van der Waals surface area contributed by atoms with E-state index in [-0.39, 0.29) is 0 Å². The molecular formula is C11H17BrN2. The zero-order valence-electron chi connectivity index (χ0n) is 8.78. The van der Waals surface area contributed by atoms with E-state index in [2.05, 4.69) is 45.7 Å². The number of nitrogens with zero attached hydrogens (tertiary/aromatic N) is 2. The molecule has 0 aliphatic heterocycles. The highest BCUT2D eigenvalue weighted by Crippen LogP contribution is 2.13. The molecule has 0 bridgehead atoms. The van der Waals surface area contributed by atoms with Gasteiger partial charge in [-0.15, -0.1) is 0 Å². The summed E-state index contributed by atoms with van der Waals surface area (Å²) in [5, 5.41) is 1.04. The van der Waals surface area contributed by atoms with Gasteiger partial charge in [-0.1, -0.05) is 22.0 Å². The Kier molecular flexibility index (Phi) is 4.94. The van der Waals surface area contributed by atoms with Crippen LogP contribution >= 0.6 is 15.9 Å². The van der Waals surface area contributed by atoms with E-state index >= 15 is 0 Å². The van der Waals surface area contributed by atoms with Gasteiger partial charge in [0.05, 0.1) is 0 Å².